The van der Waals surface area contributed by atoms with E-state index in [1.165, 1.54) is 8.61 Å². The van der Waals surface area contributed by atoms with Crippen LogP contribution in [0.5, 0.6) is 0 Å². The maximum absolute atomic E-state index is 12.4. The Balaban J connectivity index is 1.99. The summed E-state index contributed by atoms with van der Waals surface area (Å²) in [5.41, 5.74) is 0. The second kappa shape index (κ2) is 5.74. The predicted molar refractivity (Wildman–Crippen MR) is 67.7 cm³/mol. The van der Waals surface area contributed by atoms with Crippen molar-refractivity contribution in [2.45, 2.75) is 31.8 Å². The van der Waals surface area contributed by atoms with E-state index in [1.54, 1.807) is 0 Å². The molecule has 7 nitrogen and oxygen atoms in total. The van der Waals surface area contributed by atoms with E-state index < -0.39 is 28.2 Å². The van der Waals surface area contributed by atoms with Gasteiger partial charge in [0.2, 0.25) is 0 Å². The highest BCUT2D eigenvalue weighted by atomic mass is 32.2. The molecule has 8 heteroatoms. The van der Waals surface area contributed by atoms with Gasteiger partial charge in [0.25, 0.3) is 10.2 Å². The quantitative estimate of drug-likeness (QED) is 0.729. The maximum atomic E-state index is 12.4. The van der Waals surface area contributed by atoms with Crippen LogP contribution in [0.1, 0.15) is 25.7 Å². The summed E-state index contributed by atoms with van der Waals surface area (Å²) < 4.78 is 27.4. The molecule has 0 aromatic carbocycles. The van der Waals surface area contributed by atoms with Gasteiger partial charge < -0.3 is 10.2 Å². The van der Waals surface area contributed by atoms with Gasteiger partial charge in [-0.05, 0) is 25.7 Å². The number of aliphatic hydroxyl groups is 1. The molecule has 2 fully saturated rings. The molecule has 2 heterocycles. The van der Waals surface area contributed by atoms with Crippen molar-refractivity contribution in [2.75, 3.05) is 26.2 Å². The summed E-state index contributed by atoms with van der Waals surface area (Å²) in [6, 6.07) is 0. The van der Waals surface area contributed by atoms with Gasteiger partial charge >= 0.3 is 5.97 Å². The number of aliphatic hydroxyl groups excluding tert-OH is 1. The van der Waals surface area contributed by atoms with Gasteiger partial charge in [0.15, 0.2) is 0 Å². The van der Waals surface area contributed by atoms with Crippen LogP contribution in [0.2, 0.25) is 0 Å². The highest BCUT2D eigenvalue weighted by Gasteiger charge is 2.36. The number of hydrogen-bond donors (Lipinski definition) is 2. The van der Waals surface area contributed by atoms with Crippen LogP contribution >= 0.6 is 0 Å². The molecule has 0 aromatic rings. The number of piperidine rings is 2. The number of hydrogen-bond acceptors (Lipinski definition) is 4. The minimum absolute atomic E-state index is 0.140. The lowest BCUT2D eigenvalue weighted by Crippen LogP contribution is -2.51. The first-order valence-corrected chi connectivity index (χ1v) is 7.97. The van der Waals surface area contributed by atoms with Crippen molar-refractivity contribution < 1.29 is 23.4 Å². The third kappa shape index (κ3) is 3.25. The number of rotatable bonds is 3. The standard InChI is InChI=1S/C11H20N2O5S/c14-10-2-1-5-13(8-10)19(17,18)12-6-3-9(4-7-12)11(15)16/h9-10,14H,1-8H2,(H,15,16)/t10-/m0/s1. The zero-order valence-corrected chi connectivity index (χ0v) is 11.5. The van der Waals surface area contributed by atoms with E-state index in [9.17, 15) is 18.3 Å². The molecule has 2 rings (SSSR count). The Labute approximate surface area is 113 Å². The van der Waals surface area contributed by atoms with Crippen molar-refractivity contribution in [3.8, 4) is 0 Å². The van der Waals surface area contributed by atoms with Crippen LogP contribution in [-0.4, -0.2) is 65.5 Å². The molecule has 2 aliphatic heterocycles. The first-order valence-electron chi connectivity index (χ1n) is 6.57. The van der Waals surface area contributed by atoms with E-state index in [4.69, 9.17) is 5.11 Å². The second-order valence-electron chi connectivity index (χ2n) is 5.17. The number of aliphatic carboxylic acids is 1. The SMILES string of the molecule is O=C(O)C1CCN(S(=O)(=O)N2CCC[C@H](O)C2)CC1. The molecule has 2 saturated heterocycles. The Morgan fingerprint density at radius 1 is 1.05 bits per heavy atom. The Kier molecular flexibility index (Phi) is 4.44. The van der Waals surface area contributed by atoms with Crippen molar-refractivity contribution in [1.82, 2.24) is 8.61 Å². The van der Waals surface area contributed by atoms with Crippen LogP contribution in [0.15, 0.2) is 0 Å². The highest BCUT2D eigenvalue weighted by molar-refractivity contribution is 7.86. The van der Waals surface area contributed by atoms with Crippen LogP contribution in [0.25, 0.3) is 0 Å². The summed E-state index contributed by atoms with van der Waals surface area (Å²) in [6.45, 7) is 1.05. The largest absolute Gasteiger partial charge is 0.481 e. The van der Waals surface area contributed by atoms with Gasteiger partial charge in [0.1, 0.15) is 0 Å². The molecule has 110 valence electrons. The molecule has 0 spiro atoms. The average molecular weight is 292 g/mol. The smallest absolute Gasteiger partial charge is 0.306 e. The Bertz CT molecular complexity index is 430. The fraction of sp³-hybridized carbons (Fsp3) is 0.909. The molecule has 0 amide bonds. The van der Waals surface area contributed by atoms with Crippen LogP contribution < -0.4 is 0 Å². The van der Waals surface area contributed by atoms with Crippen molar-refractivity contribution in [2.24, 2.45) is 5.92 Å². The van der Waals surface area contributed by atoms with Crippen molar-refractivity contribution in [3.05, 3.63) is 0 Å². The van der Waals surface area contributed by atoms with Crippen molar-refractivity contribution >= 4 is 16.2 Å². The van der Waals surface area contributed by atoms with E-state index in [0.717, 1.165) is 0 Å². The van der Waals surface area contributed by atoms with E-state index in [-0.39, 0.29) is 19.6 Å². The lowest BCUT2D eigenvalue weighted by Gasteiger charge is -2.36. The van der Waals surface area contributed by atoms with Crippen molar-refractivity contribution in [3.63, 3.8) is 0 Å². The molecular weight excluding hydrogens is 272 g/mol. The highest BCUT2D eigenvalue weighted by Crippen LogP contribution is 2.23. The number of nitrogens with zero attached hydrogens (tertiary/aromatic N) is 2. The van der Waals surface area contributed by atoms with E-state index >= 15 is 0 Å². The van der Waals surface area contributed by atoms with Gasteiger partial charge in [-0.25, -0.2) is 0 Å². The van der Waals surface area contributed by atoms with Gasteiger partial charge in [-0.2, -0.15) is 17.0 Å². The normalized spacial score (nSPS) is 28.4. The lowest BCUT2D eigenvalue weighted by atomic mass is 9.99. The zero-order valence-electron chi connectivity index (χ0n) is 10.7. The fourth-order valence-electron chi connectivity index (χ4n) is 2.63. The second-order valence-corrected chi connectivity index (χ2v) is 7.10. The summed E-state index contributed by atoms with van der Waals surface area (Å²) >= 11 is 0. The number of β-amino-alcohol motifs (C(OH)–C–C–N with tert-alkyl or cyclic N) is 1. The molecule has 2 aliphatic rings. The molecular formula is C11H20N2O5S. The van der Waals surface area contributed by atoms with E-state index in [0.29, 0.717) is 32.2 Å². The van der Waals surface area contributed by atoms with Gasteiger partial charge in [0, 0.05) is 26.2 Å². The molecule has 0 unspecified atom stereocenters. The first kappa shape index (κ1) is 14.7. The minimum atomic E-state index is -3.55. The molecule has 2 N–H and O–H groups in total. The molecule has 0 saturated carbocycles. The van der Waals surface area contributed by atoms with Gasteiger partial charge in [-0.1, -0.05) is 0 Å². The van der Waals surface area contributed by atoms with Crippen LogP contribution in [-0.2, 0) is 15.0 Å². The topological polar surface area (TPSA) is 98.2 Å². The average Bonchev–Trinajstić information content (AvgIpc) is 2.39. The third-order valence-corrected chi connectivity index (χ3v) is 5.82. The van der Waals surface area contributed by atoms with Crippen LogP contribution in [0.3, 0.4) is 0 Å². The summed E-state index contributed by atoms with van der Waals surface area (Å²) in [5.74, 6) is -1.30. The summed E-state index contributed by atoms with van der Waals surface area (Å²) in [5, 5.41) is 18.5. The monoisotopic (exact) mass is 292 g/mol. The minimum Gasteiger partial charge on any atom is -0.481 e. The number of carboxylic acid groups (broad SMARTS) is 1. The molecule has 19 heavy (non-hydrogen) atoms. The Hall–Kier alpha value is -0.700. The molecule has 1 atom stereocenters. The predicted octanol–water partition coefficient (Wildman–Crippen LogP) is -0.515. The summed E-state index contributed by atoms with van der Waals surface area (Å²) in [6.07, 6.45) is 1.40. The summed E-state index contributed by atoms with van der Waals surface area (Å²) in [7, 11) is -3.55. The maximum Gasteiger partial charge on any atom is 0.306 e. The van der Waals surface area contributed by atoms with E-state index in [2.05, 4.69) is 0 Å². The number of carboxylic acids is 1. The van der Waals surface area contributed by atoms with Gasteiger partial charge in [-0.3, -0.25) is 4.79 Å². The number of carbonyl (C=O) groups is 1. The molecule has 0 aliphatic carbocycles. The third-order valence-electron chi connectivity index (χ3n) is 3.81. The van der Waals surface area contributed by atoms with Gasteiger partial charge in [-0.15, -0.1) is 0 Å². The fourth-order valence-corrected chi connectivity index (χ4v) is 4.35. The van der Waals surface area contributed by atoms with Crippen molar-refractivity contribution in [1.29, 1.82) is 0 Å². The summed E-state index contributed by atoms with van der Waals surface area (Å²) in [4.78, 5) is 10.8. The van der Waals surface area contributed by atoms with Crippen LogP contribution in [0, 0.1) is 5.92 Å². The Morgan fingerprint density at radius 3 is 2.21 bits per heavy atom. The van der Waals surface area contributed by atoms with E-state index in [1.807, 2.05) is 0 Å². The van der Waals surface area contributed by atoms with Gasteiger partial charge in [0.05, 0.1) is 12.0 Å². The van der Waals surface area contributed by atoms with Crippen LogP contribution in [0.4, 0.5) is 0 Å². The lowest BCUT2D eigenvalue weighted by molar-refractivity contribution is -0.142. The first-order chi connectivity index (χ1) is 8.91. The molecule has 0 bridgehead atoms. The molecule has 0 aromatic heterocycles. The zero-order chi connectivity index (χ0) is 14.0. The Morgan fingerprint density at radius 2 is 1.68 bits per heavy atom. The molecule has 0 radical (unpaired) electrons.